The van der Waals surface area contributed by atoms with E-state index in [-0.39, 0.29) is 0 Å². The quantitative estimate of drug-likeness (QED) is 0.828. The Morgan fingerprint density at radius 2 is 2.10 bits per heavy atom. The molecular weight excluding hydrogens is 248 g/mol. The Morgan fingerprint density at radius 3 is 2.70 bits per heavy atom. The fourth-order valence-corrected chi connectivity index (χ4v) is 2.85. The molecule has 0 bridgehead atoms. The van der Waals surface area contributed by atoms with Crippen molar-refractivity contribution in [1.82, 2.24) is 10.2 Å². The van der Waals surface area contributed by atoms with Gasteiger partial charge in [-0.2, -0.15) is 0 Å². The van der Waals surface area contributed by atoms with Crippen LogP contribution in [-0.2, 0) is 6.42 Å². The van der Waals surface area contributed by atoms with Crippen LogP contribution in [0.4, 0.5) is 0 Å². The molecule has 0 spiro atoms. The summed E-state index contributed by atoms with van der Waals surface area (Å²) in [5, 5.41) is 3.68. The Bertz CT molecular complexity index is 390. The first-order valence-corrected chi connectivity index (χ1v) is 7.75. The monoisotopic (exact) mass is 276 g/mol. The Hall–Kier alpha value is -1.06. The highest BCUT2D eigenvalue weighted by atomic mass is 16.5. The number of ether oxygens (including phenoxy) is 1. The third kappa shape index (κ3) is 4.50. The van der Waals surface area contributed by atoms with E-state index in [1.807, 2.05) is 12.1 Å². The predicted octanol–water partition coefficient (Wildman–Crippen LogP) is 2.70. The van der Waals surface area contributed by atoms with Crippen molar-refractivity contribution in [1.29, 1.82) is 0 Å². The summed E-state index contributed by atoms with van der Waals surface area (Å²) in [6.07, 6.45) is 5.00. The molecule has 3 nitrogen and oxygen atoms in total. The van der Waals surface area contributed by atoms with Gasteiger partial charge in [-0.25, -0.2) is 0 Å². The molecule has 1 N–H and O–H groups in total. The van der Waals surface area contributed by atoms with Crippen molar-refractivity contribution in [2.75, 3.05) is 27.2 Å². The van der Waals surface area contributed by atoms with Crippen LogP contribution in [0.15, 0.2) is 24.3 Å². The van der Waals surface area contributed by atoms with Gasteiger partial charge >= 0.3 is 0 Å². The summed E-state index contributed by atoms with van der Waals surface area (Å²) < 4.78 is 5.18. The van der Waals surface area contributed by atoms with E-state index in [4.69, 9.17) is 4.74 Å². The van der Waals surface area contributed by atoms with E-state index in [1.165, 1.54) is 31.4 Å². The molecule has 20 heavy (non-hydrogen) atoms. The predicted molar refractivity (Wildman–Crippen MR) is 84.4 cm³/mol. The van der Waals surface area contributed by atoms with Crippen LogP contribution >= 0.6 is 0 Å². The minimum absolute atomic E-state index is 0.575. The van der Waals surface area contributed by atoms with Gasteiger partial charge in [0, 0.05) is 18.6 Å². The topological polar surface area (TPSA) is 24.5 Å². The van der Waals surface area contributed by atoms with Gasteiger partial charge in [-0.05, 0) is 63.9 Å². The summed E-state index contributed by atoms with van der Waals surface area (Å²) in [5.74, 6) is 0.934. The number of benzene rings is 1. The molecule has 2 rings (SSSR count). The first-order chi connectivity index (χ1) is 9.69. The van der Waals surface area contributed by atoms with Crippen molar-refractivity contribution < 1.29 is 4.74 Å². The summed E-state index contributed by atoms with van der Waals surface area (Å²) in [7, 11) is 3.95. The number of rotatable bonds is 7. The van der Waals surface area contributed by atoms with Crippen LogP contribution in [0.3, 0.4) is 0 Å². The molecule has 1 saturated heterocycles. The highest BCUT2D eigenvalue weighted by molar-refractivity contribution is 5.27. The molecule has 2 unspecified atom stereocenters. The summed E-state index contributed by atoms with van der Waals surface area (Å²) in [6.45, 7) is 4.67. The van der Waals surface area contributed by atoms with E-state index in [0.29, 0.717) is 6.04 Å². The van der Waals surface area contributed by atoms with Gasteiger partial charge in [0.1, 0.15) is 5.75 Å². The lowest BCUT2D eigenvalue weighted by Crippen LogP contribution is -2.39. The van der Waals surface area contributed by atoms with Crippen molar-refractivity contribution in [2.45, 2.75) is 44.7 Å². The summed E-state index contributed by atoms with van der Waals surface area (Å²) in [6, 6.07) is 9.72. The van der Waals surface area contributed by atoms with E-state index in [1.54, 1.807) is 7.11 Å². The molecule has 1 aliphatic heterocycles. The highest BCUT2D eigenvalue weighted by Gasteiger charge is 2.20. The minimum atomic E-state index is 0.575. The first kappa shape index (κ1) is 15.3. The fraction of sp³-hybridized carbons (Fsp3) is 0.647. The number of likely N-dealkylation sites (tertiary alicyclic amines) is 1. The zero-order chi connectivity index (χ0) is 14.4. The fourth-order valence-electron chi connectivity index (χ4n) is 2.85. The van der Waals surface area contributed by atoms with Crippen LogP contribution in [0, 0.1) is 0 Å². The van der Waals surface area contributed by atoms with Gasteiger partial charge in [0.25, 0.3) is 0 Å². The summed E-state index contributed by atoms with van der Waals surface area (Å²) in [4.78, 5) is 2.48. The second-order valence-electron chi connectivity index (χ2n) is 5.97. The van der Waals surface area contributed by atoms with Crippen molar-refractivity contribution in [3.05, 3.63) is 29.8 Å². The maximum atomic E-state index is 5.18. The number of aryl methyl sites for hydroxylation is 1. The number of methoxy groups -OCH3 is 1. The number of nitrogens with zero attached hydrogens (tertiary/aromatic N) is 1. The third-order valence-electron chi connectivity index (χ3n) is 4.40. The molecule has 0 aliphatic carbocycles. The number of likely N-dealkylation sites (N-methyl/N-ethyl adjacent to an activating group) is 1. The summed E-state index contributed by atoms with van der Waals surface area (Å²) >= 11 is 0. The Balaban J connectivity index is 1.67. The average molecular weight is 276 g/mol. The molecule has 0 radical (unpaired) electrons. The van der Waals surface area contributed by atoms with Gasteiger partial charge in [-0.15, -0.1) is 0 Å². The lowest BCUT2D eigenvalue weighted by Gasteiger charge is -2.22. The van der Waals surface area contributed by atoms with Crippen LogP contribution in [0.25, 0.3) is 0 Å². The van der Waals surface area contributed by atoms with Crippen LogP contribution in [0.2, 0.25) is 0 Å². The molecule has 112 valence electrons. The van der Waals surface area contributed by atoms with Crippen molar-refractivity contribution >= 4 is 0 Å². The van der Waals surface area contributed by atoms with Gasteiger partial charge < -0.3 is 15.0 Å². The zero-order valence-corrected chi connectivity index (χ0v) is 13.1. The van der Waals surface area contributed by atoms with E-state index in [0.717, 1.165) is 24.8 Å². The average Bonchev–Trinajstić information content (AvgIpc) is 2.89. The standard InChI is InChI=1S/C17H28N2O/c1-14(18-13-16-5-4-12-19(16)2)6-7-15-8-10-17(20-3)11-9-15/h8-11,14,16,18H,4-7,12-13H2,1-3H3. The Kier molecular flexibility index (Phi) is 5.86. The molecule has 1 aliphatic rings. The Morgan fingerprint density at radius 1 is 1.35 bits per heavy atom. The lowest BCUT2D eigenvalue weighted by molar-refractivity contribution is 0.291. The third-order valence-corrected chi connectivity index (χ3v) is 4.40. The number of hydrogen-bond donors (Lipinski definition) is 1. The van der Waals surface area contributed by atoms with Gasteiger partial charge in [0.05, 0.1) is 7.11 Å². The largest absolute Gasteiger partial charge is 0.497 e. The van der Waals surface area contributed by atoms with E-state index in [2.05, 4.69) is 36.3 Å². The van der Waals surface area contributed by atoms with Gasteiger partial charge in [-0.1, -0.05) is 12.1 Å². The smallest absolute Gasteiger partial charge is 0.118 e. The highest BCUT2D eigenvalue weighted by Crippen LogP contribution is 2.15. The first-order valence-electron chi connectivity index (χ1n) is 7.75. The minimum Gasteiger partial charge on any atom is -0.497 e. The zero-order valence-electron chi connectivity index (χ0n) is 13.1. The van der Waals surface area contributed by atoms with Crippen LogP contribution in [0.5, 0.6) is 5.75 Å². The Labute approximate surface area is 123 Å². The van der Waals surface area contributed by atoms with Gasteiger partial charge in [0.2, 0.25) is 0 Å². The van der Waals surface area contributed by atoms with Crippen LogP contribution < -0.4 is 10.1 Å². The molecule has 0 saturated carbocycles. The molecule has 1 aromatic rings. The van der Waals surface area contributed by atoms with E-state index < -0.39 is 0 Å². The molecule has 2 atom stereocenters. The number of hydrogen-bond acceptors (Lipinski definition) is 3. The maximum absolute atomic E-state index is 5.18. The molecule has 1 fully saturated rings. The molecule has 1 heterocycles. The second kappa shape index (κ2) is 7.65. The van der Waals surface area contributed by atoms with Gasteiger partial charge in [0.15, 0.2) is 0 Å². The van der Waals surface area contributed by atoms with E-state index >= 15 is 0 Å². The SMILES string of the molecule is COc1ccc(CCC(C)NCC2CCCN2C)cc1. The second-order valence-corrected chi connectivity index (χ2v) is 5.97. The maximum Gasteiger partial charge on any atom is 0.118 e. The number of nitrogens with one attached hydrogen (secondary N) is 1. The van der Waals surface area contributed by atoms with Crippen molar-refractivity contribution in [2.24, 2.45) is 0 Å². The summed E-state index contributed by atoms with van der Waals surface area (Å²) in [5.41, 5.74) is 1.39. The van der Waals surface area contributed by atoms with Crippen molar-refractivity contribution in [3.63, 3.8) is 0 Å². The van der Waals surface area contributed by atoms with Crippen LogP contribution in [-0.4, -0.2) is 44.2 Å². The molecule has 3 heteroatoms. The molecule has 0 amide bonds. The van der Waals surface area contributed by atoms with Crippen LogP contribution in [0.1, 0.15) is 31.7 Å². The van der Waals surface area contributed by atoms with Crippen molar-refractivity contribution in [3.8, 4) is 5.75 Å². The van der Waals surface area contributed by atoms with E-state index in [9.17, 15) is 0 Å². The lowest BCUT2D eigenvalue weighted by atomic mass is 10.1. The molecular formula is C17H28N2O. The van der Waals surface area contributed by atoms with Gasteiger partial charge in [-0.3, -0.25) is 0 Å². The normalized spacial score (nSPS) is 21.1. The molecule has 0 aromatic heterocycles. The molecule has 1 aromatic carbocycles.